The van der Waals surface area contributed by atoms with Gasteiger partial charge in [0.15, 0.2) is 0 Å². The van der Waals surface area contributed by atoms with Gasteiger partial charge >= 0.3 is 0 Å². The van der Waals surface area contributed by atoms with Crippen LogP contribution in [0.15, 0.2) is 30.3 Å². The fourth-order valence-electron chi connectivity index (χ4n) is 2.94. The summed E-state index contributed by atoms with van der Waals surface area (Å²) in [6.07, 6.45) is 1.93. The molecule has 0 saturated carbocycles. The number of anilines is 1. The summed E-state index contributed by atoms with van der Waals surface area (Å²) in [6, 6.07) is 10.7. The van der Waals surface area contributed by atoms with Crippen LogP contribution in [0.1, 0.15) is 26.7 Å². The Labute approximate surface area is 127 Å². The second-order valence-electron chi connectivity index (χ2n) is 5.70. The van der Waals surface area contributed by atoms with Crippen molar-refractivity contribution in [1.29, 1.82) is 0 Å². The van der Waals surface area contributed by atoms with Crippen molar-refractivity contribution < 1.29 is 4.79 Å². The monoisotopic (exact) mass is 289 g/mol. The van der Waals surface area contributed by atoms with Gasteiger partial charge in [0.25, 0.3) is 0 Å². The van der Waals surface area contributed by atoms with Crippen molar-refractivity contribution in [2.24, 2.45) is 5.92 Å². The maximum absolute atomic E-state index is 12.1. The SMILES string of the molecule is CCN(CCCNC(=O)C1CCNC1C)c1ccccc1. The molecule has 1 saturated heterocycles. The van der Waals surface area contributed by atoms with E-state index in [1.165, 1.54) is 5.69 Å². The quantitative estimate of drug-likeness (QED) is 0.755. The zero-order chi connectivity index (χ0) is 15.1. The van der Waals surface area contributed by atoms with Crippen molar-refractivity contribution in [1.82, 2.24) is 10.6 Å². The lowest BCUT2D eigenvalue weighted by atomic mass is 10.0. The molecule has 1 aliphatic rings. The van der Waals surface area contributed by atoms with Crippen molar-refractivity contribution in [3.05, 3.63) is 30.3 Å². The zero-order valence-corrected chi connectivity index (χ0v) is 13.1. The van der Waals surface area contributed by atoms with Gasteiger partial charge in [-0.25, -0.2) is 0 Å². The van der Waals surface area contributed by atoms with E-state index in [-0.39, 0.29) is 11.8 Å². The third-order valence-corrected chi connectivity index (χ3v) is 4.27. The lowest BCUT2D eigenvalue weighted by Crippen LogP contribution is -2.38. The molecule has 0 spiro atoms. The molecule has 1 aromatic carbocycles. The lowest BCUT2D eigenvalue weighted by Gasteiger charge is -2.23. The molecule has 4 heteroatoms. The number of rotatable bonds is 7. The van der Waals surface area contributed by atoms with Crippen LogP contribution in [0.3, 0.4) is 0 Å². The summed E-state index contributed by atoms with van der Waals surface area (Å²) in [5.41, 5.74) is 1.25. The number of para-hydroxylation sites is 1. The first-order valence-corrected chi connectivity index (χ1v) is 8.03. The number of nitrogens with one attached hydrogen (secondary N) is 2. The number of carbonyl (C=O) groups is 1. The molecule has 1 amide bonds. The topological polar surface area (TPSA) is 44.4 Å². The second kappa shape index (κ2) is 8.03. The molecular weight excluding hydrogens is 262 g/mol. The van der Waals surface area contributed by atoms with E-state index in [2.05, 4.69) is 53.6 Å². The lowest BCUT2D eigenvalue weighted by molar-refractivity contribution is -0.125. The Morgan fingerprint density at radius 1 is 1.38 bits per heavy atom. The fraction of sp³-hybridized carbons (Fsp3) is 0.588. The summed E-state index contributed by atoms with van der Waals surface area (Å²) in [6.45, 7) is 7.92. The minimum atomic E-state index is 0.140. The molecule has 4 nitrogen and oxygen atoms in total. The van der Waals surface area contributed by atoms with Gasteiger partial charge in [0.05, 0.1) is 5.92 Å². The number of hydrogen-bond acceptors (Lipinski definition) is 3. The van der Waals surface area contributed by atoms with E-state index in [1.807, 2.05) is 6.07 Å². The third-order valence-electron chi connectivity index (χ3n) is 4.27. The van der Waals surface area contributed by atoms with Crippen LogP contribution < -0.4 is 15.5 Å². The van der Waals surface area contributed by atoms with E-state index >= 15 is 0 Å². The Kier molecular flexibility index (Phi) is 6.05. The van der Waals surface area contributed by atoms with Gasteiger partial charge in [-0.1, -0.05) is 18.2 Å². The van der Waals surface area contributed by atoms with E-state index in [9.17, 15) is 4.79 Å². The molecule has 2 unspecified atom stereocenters. The summed E-state index contributed by atoms with van der Waals surface area (Å²) in [7, 11) is 0. The highest BCUT2D eigenvalue weighted by molar-refractivity contribution is 5.79. The number of amides is 1. The van der Waals surface area contributed by atoms with Gasteiger partial charge in [-0.05, 0) is 45.4 Å². The molecular formula is C17H27N3O. The van der Waals surface area contributed by atoms with Crippen molar-refractivity contribution in [3.63, 3.8) is 0 Å². The van der Waals surface area contributed by atoms with Gasteiger partial charge in [-0.2, -0.15) is 0 Å². The molecule has 0 aliphatic carbocycles. The number of benzene rings is 1. The van der Waals surface area contributed by atoms with Gasteiger partial charge in [0, 0.05) is 31.4 Å². The van der Waals surface area contributed by atoms with Crippen LogP contribution >= 0.6 is 0 Å². The minimum Gasteiger partial charge on any atom is -0.372 e. The predicted molar refractivity (Wildman–Crippen MR) is 87.5 cm³/mol. The maximum Gasteiger partial charge on any atom is 0.224 e. The van der Waals surface area contributed by atoms with E-state index in [1.54, 1.807) is 0 Å². The normalized spacial score (nSPS) is 21.2. The molecule has 0 radical (unpaired) electrons. The van der Waals surface area contributed by atoms with Gasteiger partial charge in [0.1, 0.15) is 0 Å². The molecule has 1 aromatic rings. The number of nitrogens with zero attached hydrogens (tertiary/aromatic N) is 1. The van der Waals surface area contributed by atoms with Crippen LogP contribution in [0, 0.1) is 5.92 Å². The number of carbonyl (C=O) groups excluding carboxylic acids is 1. The Bertz CT molecular complexity index is 435. The van der Waals surface area contributed by atoms with Crippen LogP contribution in [-0.4, -0.2) is 38.1 Å². The smallest absolute Gasteiger partial charge is 0.224 e. The number of hydrogen-bond donors (Lipinski definition) is 2. The standard InChI is InChI=1S/C17H27N3O/c1-3-20(15-8-5-4-6-9-15)13-7-11-19-17(21)16-10-12-18-14(16)2/h4-6,8-9,14,16,18H,3,7,10-13H2,1-2H3,(H,19,21). The predicted octanol–water partition coefficient (Wildman–Crippen LogP) is 2.02. The molecule has 116 valence electrons. The highest BCUT2D eigenvalue weighted by atomic mass is 16.1. The largest absolute Gasteiger partial charge is 0.372 e. The summed E-state index contributed by atoms with van der Waals surface area (Å²) in [5, 5.41) is 6.40. The van der Waals surface area contributed by atoms with Gasteiger partial charge in [0.2, 0.25) is 5.91 Å². The summed E-state index contributed by atoms with van der Waals surface area (Å²) in [5.74, 6) is 0.344. The van der Waals surface area contributed by atoms with Crippen LogP contribution in [0.2, 0.25) is 0 Å². The van der Waals surface area contributed by atoms with Crippen LogP contribution in [0.5, 0.6) is 0 Å². The van der Waals surface area contributed by atoms with E-state index in [0.717, 1.165) is 39.0 Å². The third kappa shape index (κ3) is 4.46. The van der Waals surface area contributed by atoms with Crippen molar-refractivity contribution in [2.45, 2.75) is 32.7 Å². The van der Waals surface area contributed by atoms with E-state index < -0.39 is 0 Å². The van der Waals surface area contributed by atoms with Gasteiger partial charge in [-0.15, -0.1) is 0 Å². The highest BCUT2D eigenvalue weighted by Gasteiger charge is 2.28. The molecule has 21 heavy (non-hydrogen) atoms. The maximum atomic E-state index is 12.1. The molecule has 0 aromatic heterocycles. The molecule has 2 N–H and O–H groups in total. The second-order valence-corrected chi connectivity index (χ2v) is 5.70. The zero-order valence-electron chi connectivity index (χ0n) is 13.1. The van der Waals surface area contributed by atoms with E-state index in [0.29, 0.717) is 6.04 Å². The Hall–Kier alpha value is -1.55. The summed E-state index contributed by atoms with van der Waals surface area (Å²) >= 11 is 0. The van der Waals surface area contributed by atoms with Gasteiger partial charge < -0.3 is 15.5 Å². The average molecular weight is 289 g/mol. The Morgan fingerprint density at radius 3 is 2.76 bits per heavy atom. The van der Waals surface area contributed by atoms with Gasteiger partial charge in [-0.3, -0.25) is 4.79 Å². The molecule has 0 bridgehead atoms. The Morgan fingerprint density at radius 2 is 2.14 bits per heavy atom. The van der Waals surface area contributed by atoms with Crippen molar-refractivity contribution in [3.8, 4) is 0 Å². The molecule has 2 atom stereocenters. The first-order valence-electron chi connectivity index (χ1n) is 8.03. The van der Waals surface area contributed by atoms with E-state index in [4.69, 9.17) is 0 Å². The highest BCUT2D eigenvalue weighted by Crippen LogP contribution is 2.15. The first kappa shape index (κ1) is 15.8. The fourth-order valence-corrected chi connectivity index (χ4v) is 2.94. The average Bonchev–Trinajstić information content (AvgIpc) is 2.94. The summed E-state index contributed by atoms with van der Waals surface area (Å²) < 4.78 is 0. The minimum absolute atomic E-state index is 0.140. The summed E-state index contributed by atoms with van der Waals surface area (Å²) in [4.78, 5) is 14.4. The first-order chi connectivity index (χ1) is 10.2. The molecule has 1 fully saturated rings. The molecule has 1 aliphatic heterocycles. The van der Waals surface area contributed by atoms with Crippen LogP contribution in [-0.2, 0) is 4.79 Å². The van der Waals surface area contributed by atoms with Crippen LogP contribution in [0.25, 0.3) is 0 Å². The molecule has 1 heterocycles. The van der Waals surface area contributed by atoms with Crippen LogP contribution in [0.4, 0.5) is 5.69 Å². The Balaban J connectivity index is 1.70. The molecule has 2 rings (SSSR count). The van der Waals surface area contributed by atoms with Crippen molar-refractivity contribution in [2.75, 3.05) is 31.1 Å². The van der Waals surface area contributed by atoms with Crippen molar-refractivity contribution >= 4 is 11.6 Å².